The van der Waals surface area contributed by atoms with E-state index in [2.05, 4.69) is 18.4 Å². The van der Waals surface area contributed by atoms with Gasteiger partial charge in [0.1, 0.15) is 11.6 Å². The van der Waals surface area contributed by atoms with Gasteiger partial charge in [-0.25, -0.2) is 9.37 Å². The molecule has 4 aromatic carbocycles. The lowest BCUT2D eigenvalue weighted by atomic mass is 9.96. The fourth-order valence-corrected chi connectivity index (χ4v) is 5.71. The smallest absolute Gasteiger partial charge is 0.282 e. The van der Waals surface area contributed by atoms with Gasteiger partial charge in [0.2, 0.25) is 0 Å². The van der Waals surface area contributed by atoms with Gasteiger partial charge < -0.3 is 9.30 Å². The monoisotopic (exact) mass is 572 g/mol. The second-order valence-electron chi connectivity index (χ2n) is 11.1. The van der Waals surface area contributed by atoms with Crippen molar-refractivity contribution in [3.63, 3.8) is 0 Å². The van der Waals surface area contributed by atoms with Crippen molar-refractivity contribution in [1.29, 1.82) is 0 Å². The molecule has 0 saturated heterocycles. The van der Waals surface area contributed by atoms with Gasteiger partial charge in [-0.1, -0.05) is 62.4 Å². The number of methoxy groups -OCH3 is 1. The van der Waals surface area contributed by atoms with Crippen molar-refractivity contribution in [3.8, 4) is 17.1 Å². The van der Waals surface area contributed by atoms with Crippen LogP contribution in [-0.2, 0) is 6.54 Å². The van der Waals surface area contributed by atoms with Crippen LogP contribution in [0.25, 0.3) is 33.2 Å². The fraction of sp³-hybridized carbons (Fsp3) is 0.194. The first kappa shape index (κ1) is 28.1. The van der Waals surface area contributed by atoms with Crippen molar-refractivity contribution in [3.05, 3.63) is 129 Å². The predicted octanol–water partition coefficient (Wildman–Crippen LogP) is 7.84. The molecular weight excluding hydrogens is 539 g/mol. The molecular formula is C36H33FN4O2. The summed E-state index contributed by atoms with van der Waals surface area (Å²) >= 11 is 0. The number of halogens is 1. The topological polar surface area (TPSA) is 61.4 Å². The third-order valence-electron chi connectivity index (χ3n) is 8.06. The van der Waals surface area contributed by atoms with E-state index >= 15 is 0 Å². The highest BCUT2D eigenvalue weighted by atomic mass is 19.1. The Bertz CT molecular complexity index is 2090. The van der Waals surface area contributed by atoms with Gasteiger partial charge in [-0.3, -0.25) is 4.79 Å². The summed E-state index contributed by atoms with van der Waals surface area (Å²) in [6.45, 7) is 8.56. The Kier molecular flexibility index (Phi) is 7.40. The molecule has 2 aromatic heterocycles. The van der Waals surface area contributed by atoms with Crippen LogP contribution in [0.2, 0.25) is 0 Å². The third kappa shape index (κ3) is 5.01. The number of para-hydroxylation sites is 2. The van der Waals surface area contributed by atoms with Crippen molar-refractivity contribution < 1.29 is 9.13 Å². The summed E-state index contributed by atoms with van der Waals surface area (Å²) in [7, 11) is 1.67. The van der Waals surface area contributed by atoms with Gasteiger partial charge in [0, 0.05) is 33.3 Å². The maximum atomic E-state index is 14.6. The number of ether oxygens (including phenoxy) is 1. The summed E-state index contributed by atoms with van der Waals surface area (Å²) in [5.41, 5.74) is 6.43. The average molecular weight is 573 g/mol. The van der Waals surface area contributed by atoms with Gasteiger partial charge >= 0.3 is 0 Å². The molecule has 0 bridgehead atoms. The molecule has 0 aliphatic rings. The minimum Gasteiger partial charge on any atom is -0.496 e. The summed E-state index contributed by atoms with van der Waals surface area (Å²) in [6, 6.07) is 26.1. The summed E-state index contributed by atoms with van der Waals surface area (Å²) < 4.78 is 23.8. The van der Waals surface area contributed by atoms with Gasteiger partial charge in [-0.2, -0.15) is 9.78 Å². The van der Waals surface area contributed by atoms with Crippen LogP contribution >= 0.6 is 0 Å². The number of hydrogen-bond donors (Lipinski definition) is 0. The van der Waals surface area contributed by atoms with Crippen molar-refractivity contribution >= 4 is 28.0 Å². The van der Waals surface area contributed by atoms with E-state index in [-0.39, 0.29) is 17.3 Å². The Morgan fingerprint density at radius 3 is 2.40 bits per heavy atom. The molecule has 7 heteroatoms. The molecule has 6 nitrogen and oxygen atoms in total. The summed E-state index contributed by atoms with van der Waals surface area (Å²) in [6.07, 6.45) is 1.72. The van der Waals surface area contributed by atoms with E-state index in [0.29, 0.717) is 28.8 Å². The quantitative estimate of drug-likeness (QED) is 0.183. The maximum Gasteiger partial charge on any atom is 0.282 e. The maximum absolute atomic E-state index is 14.6. The summed E-state index contributed by atoms with van der Waals surface area (Å²) in [4.78, 5) is 18.9. The second-order valence-corrected chi connectivity index (χ2v) is 11.1. The molecule has 0 aliphatic heterocycles. The van der Waals surface area contributed by atoms with Crippen LogP contribution in [0.15, 0.2) is 94.8 Å². The molecule has 43 heavy (non-hydrogen) atoms. The first-order valence-electron chi connectivity index (χ1n) is 14.3. The summed E-state index contributed by atoms with van der Waals surface area (Å²) in [5.74, 6) is 1.20. The zero-order valence-corrected chi connectivity index (χ0v) is 24.9. The Morgan fingerprint density at radius 2 is 1.65 bits per heavy atom. The molecule has 6 rings (SSSR count). The molecule has 216 valence electrons. The highest BCUT2D eigenvalue weighted by Gasteiger charge is 2.19. The lowest BCUT2D eigenvalue weighted by molar-refractivity contribution is 0.407. The molecule has 0 N–H and O–H groups in total. The van der Waals surface area contributed by atoms with Crippen molar-refractivity contribution in [2.45, 2.75) is 40.2 Å². The van der Waals surface area contributed by atoms with E-state index in [1.165, 1.54) is 10.7 Å². The molecule has 0 aliphatic carbocycles. The number of hydrogen-bond acceptors (Lipinski definition) is 4. The van der Waals surface area contributed by atoms with Crippen molar-refractivity contribution in [2.24, 2.45) is 5.10 Å². The van der Waals surface area contributed by atoms with Gasteiger partial charge in [0.25, 0.3) is 5.56 Å². The van der Waals surface area contributed by atoms with Crippen LogP contribution < -0.4 is 10.3 Å². The van der Waals surface area contributed by atoms with Crippen LogP contribution in [0.3, 0.4) is 0 Å². The molecule has 0 saturated carbocycles. The Morgan fingerprint density at radius 1 is 0.953 bits per heavy atom. The van der Waals surface area contributed by atoms with E-state index in [1.54, 1.807) is 31.5 Å². The number of benzene rings is 4. The lowest BCUT2D eigenvalue weighted by Crippen LogP contribution is -2.21. The largest absolute Gasteiger partial charge is 0.496 e. The number of rotatable bonds is 7. The summed E-state index contributed by atoms with van der Waals surface area (Å²) in [5, 5.41) is 6.26. The lowest BCUT2D eigenvalue weighted by Gasteiger charge is -2.17. The molecule has 0 atom stereocenters. The van der Waals surface area contributed by atoms with Gasteiger partial charge in [-0.15, -0.1) is 0 Å². The number of nitrogens with zero attached hydrogens (tertiary/aromatic N) is 4. The van der Waals surface area contributed by atoms with Crippen LogP contribution in [0, 0.1) is 19.7 Å². The van der Waals surface area contributed by atoms with Crippen molar-refractivity contribution in [2.75, 3.05) is 7.11 Å². The average Bonchev–Trinajstić information content (AvgIpc) is 3.27. The van der Waals surface area contributed by atoms with Gasteiger partial charge in [-0.05, 0) is 67.3 Å². The first-order valence-corrected chi connectivity index (χ1v) is 14.3. The van der Waals surface area contributed by atoms with Gasteiger partial charge in [0.15, 0.2) is 5.82 Å². The molecule has 0 amide bonds. The Labute approximate surface area is 249 Å². The zero-order valence-electron chi connectivity index (χ0n) is 24.9. The predicted molar refractivity (Wildman–Crippen MR) is 172 cm³/mol. The fourth-order valence-electron chi connectivity index (χ4n) is 5.71. The van der Waals surface area contributed by atoms with Crippen LogP contribution in [-0.4, -0.2) is 27.6 Å². The highest BCUT2D eigenvalue weighted by Crippen LogP contribution is 2.34. The van der Waals surface area contributed by atoms with E-state index in [0.717, 1.165) is 44.6 Å². The SMILES string of the molecule is COc1cc(C)c(-c2nc3ccccc3c(=O)n2N=Cc2c(C)n(Cc3ccccc3F)c3ccccc23)cc1C(C)C. The Balaban J connectivity index is 1.56. The third-order valence-corrected chi connectivity index (χ3v) is 8.06. The molecule has 0 radical (unpaired) electrons. The number of aryl methyl sites for hydroxylation is 1. The van der Waals surface area contributed by atoms with Crippen LogP contribution in [0.1, 0.15) is 47.7 Å². The zero-order chi connectivity index (χ0) is 30.2. The van der Waals surface area contributed by atoms with E-state index < -0.39 is 0 Å². The highest BCUT2D eigenvalue weighted by molar-refractivity contribution is 6.01. The Hall–Kier alpha value is -5.04. The van der Waals surface area contributed by atoms with E-state index in [9.17, 15) is 9.18 Å². The standard InChI is InChI=1S/C36H33FN4O2/c1-22(2)28-19-29(23(3)18-34(28)43-5)35-39-32-16-10-7-14-27(32)36(42)41(35)38-20-30-24(4)40(33-17-11-8-13-26(30)33)21-25-12-6-9-15-31(25)37/h6-20,22H,21H2,1-5H3. The first-order chi connectivity index (χ1) is 20.8. The normalized spacial score (nSPS) is 11.8. The molecule has 0 unspecified atom stereocenters. The molecule has 6 aromatic rings. The minimum absolute atomic E-state index is 0.196. The number of aromatic nitrogens is 3. The van der Waals surface area contributed by atoms with E-state index in [1.807, 2.05) is 74.5 Å². The second kappa shape index (κ2) is 11.3. The van der Waals surface area contributed by atoms with E-state index in [4.69, 9.17) is 14.8 Å². The van der Waals surface area contributed by atoms with Crippen LogP contribution in [0.4, 0.5) is 4.39 Å². The molecule has 2 heterocycles. The number of fused-ring (bicyclic) bond motifs is 2. The van der Waals surface area contributed by atoms with Crippen LogP contribution in [0.5, 0.6) is 5.75 Å². The van der Waals surface area contributed by atoms with Crippen molar-refractivity contribution in [1.82, 2.24) is 14.2 Å². The van der Waals surface area contributed by atoms with Gasteiger partial charge in [0.05, 0.1) is 30.8 Å². The minimum atomic E-state index is -0.258. The molecule has 0 fully saturated rings. The molecule has 0 spiro atoms.